The lowest BCUT2D eigenvalue weighted by molar-refractivity contribution is 0.911. The fourth-order valence-corrected chi connectivity index (χ4v) is 6.16. The number of hydrogen-bond donors (Lipinski definition) is 0. The van der Waals surface area contributed by atoms with E-state index in [1.807, 2.05) is 30.3 Å². The summed E-state index contributed by atoms with van der Waals surface area (Å²) in [5.74, 6) is 0.567. The maximum absolute atomic E-state index is 8.01. The van der Waals surface area contributed by atoms with Crippen molar-refractivity contribution in [2.75, 3.05) is 4.90 Å². The first-order chi connectivity index (χ1) is 22.4. The van der Waals surface area contributed by atoms with Gasteiger partial charge in [0.2, 0.25) is 0 Å². The van der Waals surface area contributed by atoms with E-state index in [-0.39, 0.29) is 5.56 Å². The molecule has 0 N–H and O–H groups in total. The minimum absolute atomic E-state index is 0.258. The number of rotatable bonds is 5. The molecule has 5 aromatic carbocycles. The molecule has 0 saturated heterocycles. The maximum atomic E-state index is 8.01. The third-order valence-electron chi connectivity index (χ3n) is 8.08. The quantitative estimate of drug-likeness (QED) is 0.197. The summed E-state index contributed by atoms with van der Waals surface area (Å²) in [6.45, 7) is -2.24. The van der Waals surface area contributed by atoms with Crippen LogP contribution in [0.15, 0.2) is 146 Å². The van der Waals surface area contributed by atoms with Crippen LogP contribution in [0.2, 0.25) is 0 Å². The van der Waals surface area contributed by atoms with Gasteiger partial charge in [0, 0.05) is 63.8 Å². The Labute approximate surface area is 254 Å². The van der Waals surface area contributed by atoms with Gasteiger partial charge in [-0.1, -0.05) is 42.5 Å². The standard InChI is InChI=1S/C38H30N5/c1-27-21-22-39-38(23-27)43-34-16-7-6-15-32(34)33-20-19-31(25-37(33)43)42(28-11-4-3-5-12-28)30-14-10-13-29(24-30)41-26-40(2)35-17-8-9-18-36(35)41/h3-26H,1-2H3/q+1/i1D3. The Hall–Kier alpha value is -5.68. The van der Waals surface area contributed by atoms with Gasteiger partial charge in [0.15, 0.2) is 17.4 Å². The predicted octanol–water partition coefficient (Wildman–Crippen LogP) is 9.52. The Bertz CT molecular complexity index is 2390. The molecule has 8 aromatic rings. The largest absolute Gasteiger partial charge is 0.309 e. The van der Waals surface area contributed by atoms with Gasteiger partial charge in [-0.15, -0.1) is 0 Å². The summed E-state index contributed by atoms with van der Waals surface area (Å²) in [7, 11) is 2.07. The van der Waals surface area contributed by atoms with Crippen LogP contribution in [-0.4, -0.2) is 18.7 Å². The van der Waals surface area contributed by atoms with Gasteiger partial charge >= 0.3 is 0 Å². The van der Waals surface area contributed by atoms with Crippen LogP contribution in [-0.2, 0) is 7.05 Å². The number of nitrogens with zero attached hydrogens (tertiary/aromatic N) is 5. The Kier molecular flexibility index (Phi) is 5.11. The summed E-state index contributed by atoms with van der Waals surface area (Å²) < 4.78 is 30.5. The Morgan fingerprint density at radius 1 is 0.628 bits per heavy atom. The molecule has 8 rings (SSSR count). The normalized spacial score (nSPS) is 12.8. The van der Waals surface area contributed by atoms with Gasteiger partial charge < -0.3 is 4.90 Å². The molecule has 0 unspecified atom stereocenters. The van der Waals surface area contributed by atoms with Gasteiger partial charge in [0.05, 0.1) is 16.7 Å². The smallest absolute Gasteiger partial charge is 0.191 e. The highest BCUT2D eigenvalue weighted by Gasteiger charge is 2.20. The van der Waals surface area contributed by atoms with Crippen molar-refractivity contribution >= 4 is 49.9 Å². The van der Waals surface area contributed by atoms with E-state index in [4.69, 9.17) is 4.11 Å². The molecule has 0 aliphatic carbocycles. The van der Waals surface area contributed by atoms with Gasteiger partial charge in [0.25, 0.3) is 0 Å². The molecule has 0 atom stereocenters. The van der Waals surface area contributed by atoms with Crippen LogP contribution in [0.5, 0.6) is 0 Å². The monoisotopic (exact) mass is 559 g/mol. The number of aryl methyl sites for hydroxylation is 2. The number of para-hydroxylation sites is 4. The van der Waals surface area contributed by atoms with Gasteiger partial charge in [-0.05, 0) is 79.1 Å². The van der Waals surface area contributed by atoms with Gasteiger partial charge in [0.1, 0.15) is 11.5 Å². The molecule has 206 valence electrons. The second-order valence-corrected chi connectivity index (χ2v) is 10.7. The third kappa shape index (κ3) is 4.17. The van der Waals surface area contributed by atoms with Crippen molar-refractivity contribution < 1.29 is 4.11 Å². The van der Waals surface area contributed by atoms with Crippen molar-refractivity contribution in [3.05, 3.63) is 152 Å². The van der Waals surface area contributed by atoms with E-state index < -0.39 is 6.85 Å². The Balaban J connectivity index is 1.35. The molecule has 0 aliphatic rings. The number of aromatic nitrogens is 4. The van der Waals surface area contributed by atoms with E-state index in [1.165, 1.54) is 0 Å². The average Bonchev–Trinajstić information content (AvgIpc) is 3.60. The highest BCUT2D eigenvalue weighted by Crippen LogP contribution is 2.40. The zero-order valence-electron chi connectivity index (χ0n) is 26.6. The van der Waals surface area contributed by atoms with Gasteiger partial charge in [-0.25, -0.2) is 9.55 Å². The molecule has 5 heteroatoms. The lowest BCUT2D eigenvalue weighted by atomic mass is 10.1. The van der Waals surface area contributed by atoms with Gasteiger partial charge in [-0.3, -0.25) is 4.57 Å². The van der Waals surface area contributed by atoms with E-state index in [2.05, 4.69) is 128 Å². The SMILES string of the molecule is [2H]C([2H])([2H])c1ccnc(-n2c3ccccc3c3ccc(N(c4ccccc4)c4cccc(-n5[cH+]n(C)c6ccccc65)c4)cc32)c1. The summed E-state index contributed by atoms with van der Waals surface area (Å²) in [4.78, 5) is 6.91. The summed E-state index contributed by atoms with van der Waals surface area (Å²) in [5.41, 5.74) is 8.49. The fraction of sp³-hybridized carbons (Fsp3) is 0.0526. The molecule has 3 aromatic heterocycles. The summed E-state index contributed by atoms with van der Waals surface area (Å²) in [6.07, 6.45) is 3.69. The summed E-state index contributed by atoms with van der Waals surface area (Å²) >= 11 is 0. The number of benzene rings is 5. The number of pyridine rings is 1. The van der Waals surface area contributed by atoms with Crippen molar-refractivity contribution in [1.82, 2.24) is 18.7 Å². The molecule has 0 fully saturated rings. The van der Waals surface area contributed by atoms with Crippen molar-refractivity contribution in [2.45, 2.75) is 6.85 Å². The van der Waals surface area contributed by atoms with Crippen LogP contribution in [0, 0.1) is 6.85 Å². The molecule has 0 amide bonds. The second-order valence-electron chi connectivity index (χ2n) is 10.7. The van der Waals surface area contributed by atoms with Crippen molar-refractivity contribution in [3.8, 4) is 11.5 Å². The molecular weight excluding hydrogens is 526 g/mol. The maximum Gasteiger partial charge on any atom is 0.191 e. The minimum Gasteiger partial charge on any atom is -0.309 e. The van der Waals surface area contributed by atoms with Crippen molar-refractivity contribution in [2.24, 2.45) is 7.05 Å². The first-order valence-electron chi connectivity index (χ1n) is 15.8. The van der Waals surface area contributed by atoms with Crippen LogP contribution < -0.4 is 4.90 Å². The van der Waals surface area contributed by atoms with Gasteiger partial charge in [-0.2, -0.15) is 4.57 Å². The number of hydrogen-bond acceptors (Lipinski definition) is 2. The minimum atomic E-state index is -2.24. The molecule has 3 heterocycles. The van der Waals surface area contributed by atoms with E-state index >= 15 is 0 Å². The molecule has 5 nitrogen and oxygen atoms in total. The lowest BCUT2D eigenvalue weighted by Gasteiger charge is -2.25. The van der Waals surface area contributed by atoms with Crippen LogP contribution in [0.25, 0.3) is 44.3 Å². The fourth-order valence-electron chi connectivity index (χ4n) is 6.16. The van der Waals surface area contributed by atoms with Crippen LogP contribution in [0.1, 0.15) is 9.68 Å². The number of imidazole rings is 1. The van der Waals surface area contributed by atoms with E-state index in [0.717, 1.165) is 55.6 Å². The van der Waals surface area contributed by atoms with Crippen molar-refractivity contribution in [1.29, 1.82) is 0 Å². The lowest BCUT2D eigenvalue weighted by Crippen LogP contribution is -2.10. The molecular formula is C38H30N5+. The average molecular weight is 560 g/mol. The Morgan fingerprint density at radius 3 is 2.21 bits per heavy atom. The molecule has 0 bridgehead atoms. The van der Waals surface area contributed by atoms with E-state index in [9.17, 15) is 0 Å². The van der Waals surface area contributed by atoms with Crippen LogP contribution in [0.4, 0.5) is 17.1 Å². The van der Waals surface area contributed by atoms with E-state index in [0.29, 0.717) is 5.82 Å². The highest BCUT2D eigenvalue weighted by atomic mass is 15.2. The summed E-state index contributed by atoms with van der Waals surface area (Å²) in [5, 5.41) is 2.14. The summed E-state index contributed by atoms with van der Waals surface area (Å²) in [6, 6.07) is 45.2. The predicted molar refractivity (Wildman–Crippen MR) is 178 cm³/mol. The zero-order chi connectivity index (χ0) is 31.4. The number of anilines is 3. The third-order valence-corrected chi connectivity index (χ3v) is 8.08. The molecule has 43 heavy (non-hydrogen) atoms. The molecule has 0 saturated carbocycles. The van der Waals surface area contributed by atoms with E-state index in [1.54, 1.807) is 18.3 Å². The second kappa shape index (κ2) is 10.00. The molecule has 0 spiro atoms. The molecule has 0 aliphatic heterocycles. The van der Waals surface area contributed by atoms with Crippen LogP contribution in [0.3, 0.4) is 0 Å². The highest BCUT2D eigenvalue weighted by molar-refractivity contribution is 6.10. The van der Waals surface area contributed by atoms with Crippen molar-refractivity contribution in [3.63, 3.8) is 0 Å². The topological polar surface area (TPSA) is 30.9 Å². The zero-order valence-corrected chi connectivity index (χ0v) is 23.6. The first kappa shape index (κ1) is 22.0. The van der Waals surface area contributed by atoms with Crippen LogP contribution >= 0.6 is 0 Å². The first-order valence-corrected chi connectivity index (χ1v) is 14.3. The Morgan fingerprint density at radius 2 is 1.35 bits per heavy atom. The molecule has 0 radical (unpaired) electrons. The number of fused-ring (bicyclic) bond motifs is 4.